The summed E-state index contributed by atoms with van der Waals surface area (Å²) in [4.78, 5) is 12.6. The quantitative estimate of drug-likeness (QED) is 0.452. The maximum atomic E-state index is 11.0. The van der Waals surface area contributed by atoms with Gasteiger partial charge in [0.05, 0.1) is 0 Å². The van der Waals surface area contributed by atoms with E-state index in [0.29, 0.717) is 13.0 Å². The van der Waals surface area contributed by atoms with Crippen LogP contribution in [0.15, 0.2) is 12.7 Å². The Morgan fingerprint density at radius 2 is 2.08 bits per heavy atom. The molecule has 0 N–H and O–H groups in total. The largest absolute Gasteiger partial charge is 0.356 e. The highest BCUT2D eigenvalue weighted by atomic mass is 16.7. The number of hydrogen-bond acceptors (Lipinski definition) is 3. The number of carbonyl (C=O) groups excluding carboxylic acids is 1. The minimum absolute atomic E-state index is 0.0917. The van der Waals surface area contributed by atoms with Crippen LogP contribution in [0.4, 0.5) is 0 Å². The van der Waals surface area contributed by atoms with Crippen LogP contribution in [0, 0.1) is 0 Å². The van der Waals surface area contributed by atoms with Crippen LogP contribution in [0.5, 0.6) is 0 Å². The molecule has 0 saturated heterocycles. The van der Waals surface area contributed by atoms with E-state index in [2.05, 4.69) is 6.58 Å². The molecule has 0 aliphatic rings. The Hall–Kier alpha value is -0.870. The van der Waals surface area contributed by atoms with Gasteiger partial charge in [0.15, 0.2) is 6.29 Å². The molecule has 13 heavy (non-hydrogen) atoms. The molecule has 0 atom stereocenters. The molecule has 0 unspecified atom stereocenters. The molecular weight excluding hydrogens is 170 g/mol. The highest BCUT2D eigenvalue weighted by Gasteiger charge is 2.09. The van der Waals surface area contributed by atoms with Gasteiger partial charge in [0.2, 0.25) is 5.91 Å². The first-order valence-electron chi connectivity index (χ1n) is 4.08. The minimum atomic E-state index is -0.250. The molecule has 0 heterocycles. The molecule has 0 saturated carbocycles. The van der Waals surface area contributed by atoms with E-state index in [-0.39, 0.29) is 12.2 Å². The monoisotopic (exact) mass is 187 g/mol. The molecule has 0 aromatic carbocycles. The molecule has 76 valence electrons. The zero-order valence-electron chi connectivity index (χ0n) is 8.45. The molecule has 0 fully saturated rings. The molecule has 0 radical (unpaired) electrons. The number of rotatable bonds is 6. The predicted octanol–water partition coefficient (Wildman–Crippen LogP) is 0.640. The lowest BCUT2D eigenvalue weighted by Crippen LogP contribution is -2.29. The van der Waals surface area contributed by atoms with Gasteiger partial charge in [-0.25, -0.2) is 0 Å². The Labute approximate surface area is 79.1 Å². The van der Waals surface area contributed by atoms with Crippen molar-refractivity contribution in [2.24, 2.45) is 0 Å². The van der Waals surface area contributed by atoms with Gasteiger partial charge in [-0.05, 0) is 6.08 Å². The van der Waals surface area contributed by atoms with Crippen LogP contribution in [0.1, 0.15) is 6.42 Å². The summed E-state index contributed by atoms with van der Waals surface area (Å²) in [6.07, 6.45) is 1.69. The summed E-state index contributed by atoms with van der Waals surface area (Å²) in [5.74, 6) is -0.0917. The minimum Gasteiger partial charge on any atom is -0.356 e. The molecule has 0 spiro atoms. The van der Waals surface area contributed by atoms with E-state index in [0.717, 1.165) is 0 Å². The fourth-order valence-corrected chi connectivity index (χ4v) is 0.897. The predicted molar refractivity (Wildman–Crippen MR) is 50.3 cm³/mol. The van der Waals surface area contributed by atoms with Crippen LogP contribution < -0.4 is 0 Å². The smallest absolute Gasteiger partial charge is 0.245 e. The van der Waals surface area contributed by atoms with E-state index < -0.39 is 0 Å². The van der Waals surface area contributed by atoms with Gasteiger partial charge in [0.25, 0.3) is 0 Å². The SMILES string of the molecule is C=CC(=O)N(C)CCC(OC)OC. The van der Waals surface area contributed by atoms with Crippen molar-refractivity contribution in [1.29, 1.82) is 0 Å². The van der Waals surface area contributed by atoms with E-state index in [4.69, 9.17) is 9.47 Å². The van der Waals surface area contributed by atoms with E-state index in [9.17, 15) is 4.79 Å². The highest BCUT2D eigenvalue weighted by molar-refractivity contribution is 5.86. The fraction of sp³-hybridized carbons (Fsp3) is 0.667. The van der Waals surface area contributed by atoms with Crippen molar-refractivity contribution in [3.8, 4) is 0 Å². The number of likely N-dealkylation sites (N-methyl/N-ethyl adjacent to an activating group) is 1. The second-order valence-corrected chi connectivity index (χ2v) is 2.65. The number of amides is 1. The van der Waals surface area contributed by atoms with Crippen molar-refractivity contribution in [2.75, 3.05) is 27.8 Å². The highest BCUT2D eigenvalue weighted by Crippen LogP contribution is 1.99. The summed E-state index contributed by atoms with van der Waals surface area (Å²) in [6, 6.07) is 0. The first-order valence-corrected chi connectivity index (χ1v) is 4.08. The lowest BCUT2D eigenvalue weighted by Gasteiger charge is -2.18. The second-order valence-electron chi connectivity index (χ2n) is 2.65. The Kier molecular flexibility index (Phi) is 6.18. The summed E-state index contributed by atoms with van der Waals surface area (Å²) < 4.78 is 9.95. The molecule has 0 aliphatic carbocycles. The van der Waals surface area contributed by atoms with E-state index in [1.807, 2.05) is 0 Å². The van der Waals surface area contributed by atoms with Gasteiger partial charge in [-0.3, -0.25) is 4.79 Å². The van der Waals surface area contributed by atoms with Crippen LogP contribution in [-0.4, -0.2) is 44.9 Å². The van der Waals surface area contributed by atoms with Crippen LogP contribution in [0.2, 0.25) is 0 Å². The van der Waals surface area contributed by atoms with Gasteiger partial charge < -0.3 is 14.4 Å². The fourth-order valence-electron chi connectivity index (χ4n) is 0.897. The summed E-state index contributed by atoms with van der Waals surface area (Å²) in [6.45, 7) is 3.99. The normalized spacial score (nSPS) is 10.2. The molecule has 4 nitrogen and oxygen atoms in total. The molecule has 1 amide bonds. The number of hydrogen-bond donors (Lipinski definition) is 0. The summed E-state index contributed by atoms with van der Waals surface area (Å²) in [5, 5.41) is 0. The van der Waals surface area contributed by atoms with Crippen molar-refractivity contribution in [1.82, 2.24) is 4.90 Å². The average Bonchev–Trinajstić information content (AvgIpc) is 2.17. The van der Waals surface area contributed by atoms with Crippen molar-refractivity contribution < 1.29 is 14.3 Å². The molecule has 4 heteroatoms. The Bertz CT molecular complexity index is 166. The maximum Gasteiger partial charge on any atom is 0.245 e. The molecule has 0 aliphatic heterocycles. The van der Waals surface area contributed by atoms with E-state index in [1.54, 1.807) is 26.2 Å². The standard InChI is InChI=1S/C9H17NO3/c1-5-8(11)10(2)7-6-9(12-3)13-4/h5,9H,1,6-7H2,2-4H3. The summed E-state index contributed by atoms with van der Waals surface area (Å²) in [7, 11) is 4.86. The average molecular weight is 187 g/mol. The van der Waals surface area contributed by atoms with Crippen molar-refractivity contribution >= 4 is 5.91 Å². The number of ether oxygens (including phenoxy) is 2. The molecule has 0 rings (SSSR count). The van der Waals surface area contributed by atoms with Gasteiger partial charge in [-0.1, -0.05) is 6.58 Å². The molecule has 0 bridgehead atoms. The van der Waals surface area contributed by atoms with Crippen molar-refractivity contribution in [3.63, 3.8) is 0 Å². The third kappa shape index (κ3) is 4.65. The maximum absolute atomic E-state index is 11.0. The lowest BCUT2D eigenvalue weighted by atomic mass is 10.3. The lowest BCUT2D eigenvalue weighted by molar-refractivity contribution is -0.128. The topological polar surface area (TPSA) is 38.8 Å². The van der Waals surface area contributed by atoms with E-state index in [1.165, 1.54) is 6.08 Å². The molecular formula is C9H17NO3. The molecule has 0 aromatic rings. The number of nitrogens with zero attached hydrogens (tertiary/aromatic N) is 1. The summed E-state index contributed by atoms with van der Waals surface area (Å²) >= 11 is 0. The first kappa shape index (κ1) is 12.1. The van der Waals surface area contributed by atoms with Gasteiger partial charge in [-0.15, -0.1) is 0 Å². The third-order valence-electron chi connectivity index (χ3n) is 1.78. The van der Waals surface area contributed by atoms with Gasteiger partial charge in [0.1, 0.15) is 0 Å². The Morgan fingerprint density at radius 3 is 2.46 bits per heavy atom. The van der Waals surface area contributed by atoms with Crippen molar-refractivity contribution in [2.45, 2.75) is 12.7 Å². The number of methoxy groups -OCH3 is 2. The van der Waals surface area contributed by atoms with Crippen LogP contribution in [0.25, 0.3) is 0 Å². The van der Waals surface area contributed by atoms with Crippen molar-refractivity contribution in [3.05, 3.63) is 12.7 Å². The third-order valence-corrected chi connectivity index (χ3v) is 1.78. The van der Waals surface area contributed by atoms with Gasteiger partial charge in [0, 0.05) is 34.2 Å². The summed E-state index contributed by atoms with van der Waals surface area (Å²) in [5.41, 5.74) is 0. The van der Waals surface area contributed by atoms with Crippen LogP contribution in [0.3, 0.4) is 0 Å². The van der Waals surface area contributed by atoms with Crippen LogP contribution in [-0.2, 0) is 14.3 Å². The van der Waals surface area contributed by atoms with Gasteiger partial charge in [-0.2, -0.15) is 0 Å². The first-order chi connectivity index (χ1) is 6.15. The Balaban J connectivity index is 3.73. The second kappa shape index (κ2) is 6.62. The number of carbonyl (C=O) groups is 1. The zero-order chi connectivity index (χ0) is 10.3. The van der Waals surface area contributed by atoms with Gasteiger partial charge >= 0.3 is 0 Å². The van der Waals surface area contributed by atoms with Crippen LogP contribution >= 0.6 is 0 Å². The van der Waals surface area contributed by atoms with E-state index >= 15 is 0 Å². The zero-order valence-corrected chi connectivity index (χ0v) is 8.45. The molecule has 0 aromatic heterocycles. The Morgan fingerprint density at radius 1 is 1.54 bits per heavy atom.